The van der Waals surface area contributed by atoms with Gasteiger partial charge in [-0.25, -0.2) is 0 Å². The lowest BCUT2D eigenvalue weighted by Gasteiger charge is -2.22. The molecule has 1 unspecified atom stereocenters. The van der Waals surface area contributed by atoms with Crippen LogP contribution in [0.1, 0.15) is 22.2 Å². The summed E-state index contributed by atoms with van der Waals surface area (Å²) in [5.41, 5.74) is 2.48. The number of carbonyl (C=O) groups is 2. The van der Waals surface area contributed by atoms with Crippen LogP contribution in [0.3, 0.4) is 0 Å². The lowest BCUT2D eigenvalue weighted by Crippen LogP contribution is -2.30. The number of aromatic nitrogens is 4. The van der Waals surface area contributed by atoms with E-state index in [1.807, 2.05) is 12.1 Å². The number of ketones is 1. The van der Waals surface area contributed by atoms with E-state index in [9.17, 15) is 14.7 Å². The topological polar surface area (TPSA) is 114 Å². The van der Waals surface area contributed by atoms with Crippen molar-refractivity contribution < 1.29 is 19.1 Å². The number of hydrogen-bond acceptors (Lipinski definition) is 8. The molecule has 144 valence electrons. The maximum Gasteiger partial charge on any atom is 0.296 e. The molecule has 0 saturated carbocycles. The SMILES string of the molecule is Cn1cc(C2C(C(=O)c3cc4ccccc4o3)=C(O)C(=O)N2c2nncs2)cn1. The molecule has 9 nitrogen and oxygen atoms in total. The first kappa shape index (κ1) is 17.3. The average molecular weight is 407 g/mol. The van der Waals surface area contributed by atoms with Gasteiger partial charge in [0.05, 0.1) is 11.8 Å². The van der Waals surface area contributed by atoms with Gasteiger partial charge in [-0.2, -0.15) is 5.10 Å². The number of fused-ring (bicyclic) bond motifs is 1. The molecule has 0 aliphatic carbocycles. The normalized spacial score (nSPS) is 16.9. The number of hydrogen-bond donors (Lipinski definition) is 1. The van der Waals surface area contributed by atoms with Gasteiger partial charge >= 0.3 is 0 Å². The quantitative estimate of drug-likeness (QED) is 0.517. The molecule has 0 spiro atoms. The Morgan fingerprint density at radius 2 is 2.14 bits per heavy atom. The zero-order valence-electron chi connectivity index (χ0n) is 15.0. The first-order valence-corrected chi connectivity index (χ1v) is 9.47. The van der Waals surface area contributed by atoms with Crippen LogP contribution in [0.25, 0.3) is 11.0 Å². The molecule has 10 heteroatoms. The second kappa shape index (κ2) is 6.38. The monoisotopic (exact) mass is 407 g/mol. The highest BCUT2D eigenvalue weighted by Gasteiger charge is 2.47. The van der Waals surface area contributed by atoms with Crippen molar-refractivity contribution in [2.24, 2.45) is 7.05 Å². The standard InChI is InChI=1S/C19H13N5O4S/c1-23-8-11(7-21-23)15-14(17(26)18(27)24(15)19-22-20-9-29-19)16(25)13-6-10-4-2-3-5-12(10)28-13/h2-9,15,26H,1H3. The Morgan fingerprint density at radius 3 is 2.83 bits per heavy atom. The number of furan rings is 1. The second-order valence-electron chi connectivity index (χ2n) is 6.49. The van der Waals surface area contributed by atoms with Gasteiger partial charge in [-0.05, 0) is 12.1 Å². The van der Waals surface area contributed by atoms with Gasteiger partial charge in [0.1, 0.15) is 17.1 Å². The fraction of sp³-hybridized carbons (Fsp3) is 0.105. The van der Waals surface area contributed by atoms with Gasteiger partial charge in [0.15, 0.2) is 11.5 Å². The van der Waals surface area contributed by atoms with Gasteiger partial charge in [0.25, 0.3) is 5.91 Å². The van der Waals surface area contributed by atoms with E-state index in [1.54, 1.807) is 36.1 Å². The number of Topliss-reactive ketones (excluding diaryl/α,β-unsaturated/α-hetero) is 1. The smallest absolute Gasteiger partial charge is 0.296 e. The summed E-state index contributed by atoms with van der Waals surface area (Å²) in [7, 11) is 1.72. The number of rotatable bonds is 4. The number of aliphatic hydroxyl groups excluding tert-OH is 1. The molecule has 0 fully saturated rings. The maximum absolute atomic E-state index is 13.3. The van der Waals surface area contributed by atoms with E-state index in [0.717, 1.165) is 16.7 Å². The second-order valence-corrected chi connectivity index (χ2v) is 7.30. The molecule has 0 radical (unpaired) electrons. The van der Waals surface area contributed by atoms with E-state index in [4.69, 9.17) is 4.42 Å². The van der Waals surface area contributed by atoms with Crippen molar-refractivity contribution in [3.05, 3.63) is 70.9 Å². The van der Waals surface area contributed by atoms with E-state index in [1.165, 1.54) is 16.6 Å². The lowest BCUT2D eigenvalue weighted by molar-refractivity contribution is -0.117. The number of amides is 1. The molecule has 4 aromatic rings. The minimum atomic E-state index is -0.898. The van der Waals surface area contributed by atoms with Crippen molar-refractivity contribution in [2.75, 3.05) is 4.90 Å². The van der Waals surface area contributed by atoms with E-state index in [2.05, 4.69) is 15.3 Å². The summed E-state index contributed by atoms with van der Waals surface area (Å²) in [5, 5.41) is 23.5. The number of carbonyl (C=O) groups excluding carboxylic acids is 2. The van der Waals surface area contributed by atoms with Crippen molar-refractivity contribution in [3.63, 3.8) is 0 Å². The minimum Gasteiger partial charge on any atom is -0.503 e. The largest absolute Gasteiger partial charge is 0.503 e. The molecule has 4 heterocycles. The van der Waals surface area contributed by atoms with E-state index < -0.39 is 23.5 Å². The number of para-hydroxylation sites is 1. The fourth-order valence-corrected chi connectivity index (χ4v) is 4.01. The molecule has 1 amide bonds. The van der Waals surface area contributed by atoms with Gasteiger partial charge in [-0.3, -0.25) is 19.2 Å². The van der Waals surface area contributed by atoms with Crippen LogP contribution in [0.4, 0.5) is 5.13 Å². The van der Waals surface area contributed by atoms with Crippen LogP contribution in [0.5, 0.6) is 0 Å². The predicted molar refractivity (Wildman–Crippen MR) is 104 cm³/mol. The highest BCUT2D eigenvalue weighted by atomic mass is 32.1. The van der Waals surface area contributed by atoms with Crippen LogP contribution in [-0.4, -0.2) is 36.8 Å². The summed E-state index contributed by atoms with van der Waals surface area (Å²) < 4.78 is 7.22. The van der Waals surface area contributed by atoms with Crippen molar-refractivity contribution in [3.8, 4) is 0 Å². The van der Waals surface area contributed by atoms with E-state index >= 15 is 0 Å². The third-order valence-electron chi connectivity index (χ3n) is 4.70. The van der Waals surface area contributed by atoms with Crippen LogP contribution >= 0.6 is 11.3 Å². The number of aliphatic hydroxyl groups is 1. The highest BCUT2D eigenvalue weighted by Crippen LogP contribution is 2.42. The van der Waals surface area contributed by atoms with E-state index in [0.29, 0.717) is 11.1 Å². The molecule has 5 rings (SSSR count). The Kier molecular flexibility index (Phi) is 3.81. The molecular formula is C19H13N5O4S. The van der Waals surface area contributed by atoms with Crippen molar-refractivity contribution in [1.82, 2.24) is 20.0 Å². The van der Waals surface area contributed by atoms with Gasteiger partial charge < -0.3 is 9.52 Å². The van der Waals surface area contributed by atoms with Crippen LogP contribution in [-0.2, 0) is 11.8 Å². The number of aryl methyl sites for hydroxylation is 1. The Bertz CT molecular complexity index is 1250. The number of anilines is 1. The number of benzene rings is 1. The van der Waals surface area contributed by atoms with Gasteiger partial charge in [-0.1, -0.05) is 29.5 Å². The molecule has 1 aliphatic rings. The van der Waals surface area contributed by atoms with Crippen molar-refractivity contribution >= 4 is 39.1 Å². The third kappa shape index (κ3) is 2.64. The number of nitrogens with zero attached hydrogens (tertiary/aromatic N) is 5. The Labute approximate surface area is 167 Å². The van der Waals surface area contributed by atoms with Crippen LogP contribution in [0.2, 0.25) is 0 Å². The van der Waals surface area contributed by atoms with Crippen LogP contribution in [0, 0.1) is 0 Å². The molecule has 0 saturated heterocycles. The molecule has 29 heavy (non-hydrogen) atoms. The Balaban J connectivity index is 1.66. The summed E-state index contributed by atoms with van der Waals surface area (Å²) in [6.07, 6.45) is 3.22. The predicted octanol–water partition coefficient (Wildman–Crippen LogP) is 2.80. The fourth-order valence-electron chi connectivity index (χ4n) is 3.43. The molecule has 1 aliphatic heterocycles. The summed E-state index contributed by atoms with van der Waals surface area (Å²) in [6, 6.07) is 7.88. The Morgan fingerprint density at radius 1 is 1.31 bits per heavy atom. The van der Waals surface area contributed by atoms with Crippen LogP contribution < -0.4 is 4.90 Å². The van der Waals surface area contributed by atoms with Gasteiger partial charge in [0, 0.05) is 24.2 Å². The van der Waals surface area contributed by atoms with Gasteiger partial charge in [0.2, 0.25) is 10.9 Å². The third-order valence-corrected chi connectivity index (χ3v) is 5.39. The van der Waals surface area contributed by atoms with Gasteiger partial charge in [-0.15, -0.1) is 10.2 Å². The molecule has 1 aromatic carbocycles. The molecule has 0 bridgehead atoms. The first-order chi connectivity index (χ1) is 14.0. The molecule has 1 N–H and O–H groups in total. The van der Waals surface area contributed by atoms with Crippen molar-refractivity contribution in [2.45, 2.75) is 6.04 Å². The molecule has 3 aromatic heterocycles. The molecule has 1 atom stereocenters. The van der Waals surface area contributed by atoms with E-state index in [-0.39, 0.29) is 16.5 Å². The summed E-state index contributed by atoms with van der Waals surface area (Å²) >= 11 is 1.13. The molecular weight excluding hydrogens is 394 g/mol. The van der Waals surface area contributed by atoms with Crippen LogP contribution in [0.15, 0.2) is 64.0 Å². The lowest BCUT2D eigenvalue weighted by atomic mass is 9.97. The minimum absolute atomic E-state index is 0.0357. The zero-order valence-corrected chi connectivity index (χ0v) is 15.8. The average Bonchev–Trinajstić information content (AvgIpc) is 3.48. The summed E-state index contributed by atoms with van der Waals surface area (Å²) in [5.74, 6) is -1.91. The zero-order chi connectivity index (χ0) is 20.1. The Hall–Kier alpha value is -3.79. The van der Waals surface area contributed by atoms with Crippen molar-refractivity contribution in [1.29, 1.82) is 0 Å². The summed E-state index contributed by atoms with van der Waals surface area (Å²) in [6.45, 7) is 0. The maximum atomic E-state index is 13.3. The summed E-state index contributed by atoms with van der Waals surface area (Å²) in [4.78, 5) is 27.4. The highest BCUT2D eigenvalue weighted by molar-refractivity contribution is 7.13. The first-order valence-electron chi connectivity index (χ1n) is 8.59.